The number of aromatic nitrogens is 3. The summed E-state index contributed by atoms with van der Waals surface area (Å²) in [5.41, 5.74) is 6.79. The van der Waals surface area contributed by atoms with Gasteiger partial charge in [0.15, 0.2) is 0 Å². The van der Waals surface area contributed by atoms with Crippen molar-refractivity contribution in [3.8, 4) is 28.3 Å². The second-order valence-electron chi connectivity index (χ2n) is 9.60. The summed E-state index contributed by atoms with van der Waals surface area (Å²) in [6.07, 6.45) is 5.32. The highest BCUT2D eigenvalue weighted by molar-refractivity contribution is 5.94. The van der Waals surface area contributed by atoms with Crippen molar-refractivity contribution in [3.05, 3.63) is 65.6 Å². The SMILES string of the molecule is Fc1ccc2cc1-c1cc3c(n[nH]c3cn1)-c1ccc3c(c1)CN(CCOCCO2)C1(CC1)C3. The normalized spacial score (nSPS) is 20.8. The van der Waals surface area contributed by atoms with Gasteiger partial charge in [-0.1, -0.05) is 12.1 Å². The first-order valence-electron chi connectivity index (χ1n) is 11.9. The Kier molecular flexibility index (Phi) is 4.50. The van der Waals surface area contributed by atoms with E-state index in [9.17, 15) is 4.39 Å². The van der Waals surface area contributed by atoms with Crippen molar-refractivity contribution in [1.82, 2.24) is 20.1 Å². The molecule has 1 spiro atoms. The smallest absolute Gasteiger partial charge is 0.132 e. The number of pyridine rings is 1. The Morgan fingerprint density at radius 1 is 1.00 bits per heavy atom. The molecule has 3 aliphatic rings. The van der Waals surface area contributed by atoms with Gasteiger partial charge < -0.3 is 9.47 Å². The minimum atomic E-state index is -0.335. The number of halogens is 1. The zero-order chi connectivity index (χ0) is 22.7. The minimum Gasteiger partial charge on any atom is -0.491 e. The Morgan fingerprint density at radius 3 is 2.85 bits per heavy atom. The first kappa shape index (κ1) is 20.1. The summed E-state index contributed by atoms with van der Waals surface area (Å²) < 4.78 is 26.5. The third-order valence-electron chi connectivity index (χ3n) is 7.52. The zero-order valence-corrected chi connectivity index (χ0v) is 18.8. The lowest BCUT2D eigenvalue weighted by molar-refractivity contribution is 0.0560. The van der Waals surface area contributed by atoms with Crippen LogP contribution in [0.15, 0.2) is 48.7 Å². The molecule has 0 amide bonds. The largest absolute Gasteiger partial charge is 0.491 e. The molecule has 1 aliphatic carbocycles. The molecule has 7 bridgehead atoms. The molecule has 7 heteroatoms. The van der Waals surface area contributed by atoms with Gasteiger partial charge in [-0.25, -0.2) is 4.39 Å². The van der Waals surface area contributed by atoms with Crippen LogP contribution >= 0.6 is 0 Å². The van der Waals surface area contributed by atoms with Crippen LogP contribution in [-0.2, 0) is 17.7 Å². The molecule has 1 atom stereocenters. The lowest BCUT2D eigenvalue weighted by Gasteiger charge is -2.37. The maximum absolute atomic E-state index is 14.8. The summed E-state index contributed by atoms with van der Waals surface area (Å²) in [5.74, 6) is 0.265. The van der Waals surface area contributed by atoms with Crippen molar-refractivity contribution in [2.75, 3.05) is 26.4 Å². The Bertz CT molecular complexity index is 1410. The molecule has 2 aromatic heterocycles. The number of ether oxygens (including phenoxy) is 2. The lowest BCUT2D eigenvalue weighted by Crippen LogP contribution is -2.44. The summed E-state index contributed by atoms with van der Waals surface area (Å²) in [7, 11) is 0. The minimum absolute atomic E-state index is 0.305. The van der Waals surface area contributed by atoms with Crippen LogP contribution < -0.4 is 4.74 Å². The summed E-state index contributed by atoms with van der Waals surface area (Å²) in [6.45, 7) is 3.42. The molecular weight excluding hydrogens is 431 g/mol. The first-order valence-corrected chi connectivity index (χ1v) is 11.9. The van der Waals surface area contributed by atoms with Gasteiger partial charge >= 0.3 is 0 Å². The molecule has 6 nitrogen and oxygen atoms in total. The lowest BCUT2D eigenvalue weighted by atomic mass is 9.90. The molecule has 4 aromatic rings. The summed E-state index contributed by atoms with van der Waals surface area (Å²) in [5, 5.41) is 8.63. The Balaban J connectivity index is 1.36. The van der Waals surface area contributed by atoms with Gasteiger partial charge in [-0.15, -0.1) is 0 Å². The molecule has 172 valence electrons. The third-order valence-corrected chi connectivity index (χ3v) is 7.52. The molecule has 2 aliphatic heterocycles. The van der Waals surface area contributed by atoms with Crippen molar-refractivity contribution in [3.63, 3.8) is 0 Å². The molecule has 34 heavy (non-hydrogen) atoms. The van der Waals surface area contributed by atoms with Crippen LogP contribution in [0.5, 0.6) is 5.75 Å². The maximum Gasteiger partial charge on any atom is 0.132 e. The van der Waals surface area contributed by atoms with E-state index in [1.54, 1.807) is 18.3 Å². The Morgan fingerprint density at radius 2 is 1.94 bits per heavy atom. The van der Waals surface area contributed by atoms with Gasteiger partial charge in [-0.2, -0.15) is 5.10 Å². The summed E-state index contributed by atoms with van der Waals surface area (Å²) in [4.78, 5) is 7.09. The fourth-order valence-corrected chi connectivity index (χ4v) is 5.46. The van der Waals surface area contributed by atoms with Crippen molar-refractivity contribution < 1.29 is 13.9 Å². The first-order chi connectivity index (χ1) is 16.7. The fraction of sp³-hybridized carbons (Fsp3) is 0.333. The number of fused-ring (bicyclic) bond motifs is 8. The van der Waals surface area contributed by atoms with Crippen LogP contribution in [0.25, 0.3) is 33.4 Å². The van der Waals surface area contributed by atoms with E-state index in [0.29, 0.717) is 42.4 Å². The van der Waals surface area contributed by atoms with Crippen LogP contribution in [0.4, 0.5) is 4.39 Å². The van der Waals surface area contributed by atoms with Crippen LogP contribution in [0.2, 0.25) is 0 Å². The number of hydrogen-bond acceptors (Lipinski definition) is 5. The molecule has 7 rings (SSSR count). The number of aromatic amines is 1. The number of benzene rings is 2. The quantitative estimate of drug-likeness (QED) is 0.415. The molecule has 1 saturated carbocycles. The van der Waals surface area contributed by atoms with E-state index in [2.05, 4.69) is 38.3 Å². The number of H-pyrrole nitrogens is 1. The summed E-state index contributed by atoms with van der Waals surface area (Å²) >= 11 is 0. The zero-order valence-electron chi connectivity index (χ0n) is 18.8. The van der Waals surface area contributed by atoms with Gasteiger partial charge in [0, 0.05) is 35.1 Å². The number of hydrogen-bond donors (Lipinski definition) is 1. The van der Waals surface area contributed by atoms with E-state index < -0.39 is 0 Å². The predicted molar refractivity (Wildman–Crippen MR) is 127 cm³/mol. The van der Waals surface area contributed by atoms with Crippen LogP contribution in [0.1, 0.15) is 24.0 Å². The monoisotopic (exact) mass is 456 g/mol. The standard InChI is InChI=1S/C27H25FN4O2/c28-23-4-3-20-12-21(23)24-13-22-25(15-29-24)30-31-26(22)17-1-2-18-14-27(5-6-27)32(16-19(18)11-17)7-8-33-9-10-34-20/h1-4,11-13,15H,5-10,14,16H2,(H,30,31). The maximum atomic E-state index is 14.8. The van der Waals surface area contributed by atoms with Crippen LogP contribution in [0.3, 0.4) is 0 Å². The van der Waals surface area contributed by atoms with Gasteiger partial charge in [0.1, 0.15) is 23.9 Å². The van der Waals surface area contributed by atoms with E-state index in [1.165, 1.54) is 30.0 Å². The molecule has 1 fully saturated rings. The topological polar surface area (TPSA) is 63.3 Å². The van der Waals surface area contributed by atoms with Crippen molar-refractivity contribution >= 4 is 10.9 Å². The van der Waals surface area contributed by atoms with Gasteiger partial charge in [-0.3, -0.25) is 15.0 Å². The fourth-order valence-electron chi connectivity index (χ4n) is 5.46. The van der Waals surface area contributed by atoms with Gasteiger partial charge in [0.2, 0.25) is 0 Å². The van der Waals surface area contributed by atoms with Gasteiger partial charge in [0.25, 0.3) is 0 Å². The van der Waals surface area contributed by atoms with E-state index in [0.717, 1.165) is 41.7 Å². The second-order valence-corrected chi connectivity index (χ2v) is 9.60. The predicted octanol–water partition coefficient (Wildman–Crippen LogP) is 4.73. The highest BCUT2D eigenvalue weighted by atomic mass is 19.1. The van der Waals surface area contributed by atoms with E-state index >= 15 is 0 Å². The second kappa shape index (κ2) is 7.61. The highest BCUT2D eigenvalue weighted by Gasteiger charge is 2.49. The molecule has 4 heterocycles. The molecule has 0 radical (unpaired) electrons. The number of nitrogens with one attached hydrogen (secondary N) is 1. The van der Waals surface area contributed by atoms with Crippen molar-refractivity contribution in [1.29, 1.82) is 0 Å². The summed E-state index contributed by atoms with van der Waals surface area (Å²) in [6, 6.07) is 13.4. The van der Waals surface area contributed by atoms with E-state index in [4.69, 9.17) is 9.47 Å². The number of rotatable bonds is 0. The van der Waals surface area contributed by atoms with E-state index in [-0.39, 0.29) is 5.82 Å². The van der Waals surface area contributed by atoms with Crippen molar-refractivity contribution in [2.45, 2.75) is 31.3 Å². The average Bonchev–Trinajstić information content (AvgIpc) is 3.49. The molecular formula is C27H25FN4O2. The van der Waals surface area contributed by atoms with Gasteiger partial charge in [-0.05, 0) is 60.7 Å². The van der Waals surface area contributed by atoms with Crippen molar-refractivity contribution in [2.24, 2.45) is 0 Å². The highest BCUT2D eigenvalue weighted by Crippen LogP contribution is 2.48. The Hall–Kier alpha value is -3.29. The van der Waals surface area contributed by atoms with Crippen LogP contribution in [-0.4, -0.2) is 52.0 Å². The Labute approximate surface area is 196 Å². The van der Waals surface area contributed by atoms with E-state index in [1.807, 2.05) is 6.07 Å². The third kappa shape index (κ3) is 3.30. The van der Waals surface area contributed by atoms with Crippen LogP contribution in [0, 0.1) is 5.82 Å². The van der Waals surface area contributed by atoms with Gasteiger partial charge in [0.05, 0.1) is 30.6 Å². The molecule has 1 N–H and O–H groups in total. The average molecular weight is 457 g/mol. The molecule has 1 unspecified atom stereocenters. The number of nitrogens with zero attached hydrogens (tertiary/aromatic N) is 3. The molecule has 2 aromatic carbocycles. The molecule has 0 saturated heterocycles.